The molecule has 1 N–H and O–H groups in total. The Morgan fingerprint density at radius 2 is 1.80 bits per heavy atom. The number of rotatable bonds is 12. The number of para-hydroxylation sites is 1. The van der Waals surface area contributed by atoms with Crippen LogP contribution in [0.4, 0.5) is 9.18 Å². The van der Waals surface area contributed by atoms with Crippen molar-refractivity contribution in [2.24, 2.45) is 0 Å². The topological polar surface area (TPSA) is 108 Å². The number of piperidine rings is 1. The average Bonchev–Trinajstić information content (AvgIpc) is 3.36. The molecule has 4 aromatic rings. The van der Waals surface area contributed by atoms with E-state index in [4.69, 9.17) is 14.2 Å². The quantitative estimate of drug-likeness (QED) is 0.165. The molecule has 1 fully saturated rings. The fourth-order valence-electron chi connectivity index (χ4n) is 6.78. The van der Waals surface area contributed by atoms with E-state index < -0.39 is 17.7 Å². The molecule has 1 aliphatic heterocycles. The van der Waals surface area contributed by atoms with E-state index in [1.807, 2.05) is 56.0 Å². The van der Waals surface area contributed by atoms with Gasteiger partial charge in [0.25, 0.3) is 0 Å². The second-order valence-electron chi connectivity index (χ2n) is 13.7. The highest BCUT2D eigenvalue weighted by atomic mass is 19.1. The molecule has 2 amide bonds. The fraction of sp³-hybridized carbons (Fsp3) is 0.474. The number of aromatic nitrogens is 3. The summed E-state index contributed by atoms with van der Waals surface area (Å²) in [6.45, 7) is 9.85. The van der Waals surface area contributed by atoms with E-state index in [1.165, 1.54) is 13.2 Å². The summed E-state index contributed by atoms with van der Waals surface area (Å²) in [5, 5.41) is 3.87. The van der Waals surface area contributed by atoms with E-state index in [9.17, 15) is 9.59 Å². The van der Waals surface area contributed by atoms with Crippen LogP contribution in [0.25, 0.3) is 22.0 Å². The van der Waals surface area contributed by atoms with Gasteiger partial charge in [-0.15, -0.1) is 0 Å². The van der Waals surface area contributed by atoms with Crippen LogP contribution in [0.5, 0.6) is 6.01 Å². The third-order valence-electron chi connectivity index (χ3n) is 8.95. The molecule has 2 aromatic carbocycles. The summed E-state index contributed by atoms with van der Waals surface area (Å²) in [5.74, 6) is -0.225. The molecule has 5 rings (SSSR count). The van der Waals surface area contributed by atoms with Gasteiger partial charge in [-0.25, -0.2) is 19.2 Å². The zero-order valence-corrected chi connectivity index (χ0v) is 29.4. The van der Waals surface area contributed by atoms with Crippen molar-refractivity contribution >= 4 is 22.9 Å². The molecule has 0 bridgehead atoms. The van der Waals surface area contributed by atoms with Crippen LogP contribution in [0.3, 0.4) is 0 Å². The van der Waals surface area contributed by atoms with Crippen LogP contribution in [-0.2, 0) is 27.2 Å². The number of nitrogens with one attached hydrogen (secondary N) is 1. The Hall–Kier alpha value is -4.51. The number of fused-ring (bicyclic) bond motifs is 1. The van der Waals surface area contributed by atoms with Crippen molar-refractivity contribution < 1.29 is 28.2 Å². The number of benzene rings is 2. The standard InChI is InChI=1S/C38H48FN5O5/c1-25-31-11-7-12-32(39)35(31)44(18-9-19-47-5)34(25)28-10-8-17-43(24-28)33(45)21-30(42-37(46)49-38(2,3)4)20-26-13-15-27(16-14-26)29-22-40-36(48-6)41-23-29/h7,11-16,22-23,28,30H,8-10,17-21,24H2,1-6H3,(H,42,46). The normalized spacial score (nSPS) is 15.7. The van der Waals surface area contributed by atoms with Crippen molar-refractivity contribution in [2.45, 2.75) is 83.9 Å². The Balaban J connectivity index is 1.34. The van der Waals surface area contributed by atoms with Crippen LogP contribution in [0.15, 0.2) is 54.9 Å². The third-order valence-corrected chi connectivity index (χ3v) is 8.95. The largest absolute Gasteiger partial charge is 0.467 e. The number of carbonyl (C=O) groups excluding carboxylic acids is 2. The maximum absolute atomic E-state index is 15.2. The number of halogens is 1. The number of likely N-dealkylation sites (tertiary alicyclic amines) is 1. The van der Waals surface area contributed by atoms with Gasteiger partial charge in [-0.2, -0.15) is 0 Å². The van der Waals surface area contributed by atoms with Gasteiger partial charge in [0.1, 0.15) is 11.4 Å². The SMILES string of the molecule is COCCCn1c(C2CCCN(C(=O)CC(Cc3ccc(-c4cnc(OC)nc4)cc3)NC(=O)OC(C)(C)C)C2)c(C)c2cccc(F)c21. The number of hydrogen-bond donors (Lipinski definition) is 1. The first kappa shape index (κ1) is 35.8. The van der Waals surface area contributed by atoms with E-state index in [-0.39, 0.29) is 24.1 Å². The van der Waals surface area contributed by atoms with Gasteiger partial charge in [0.05, 0.1) is 12.6 Å². The lowest BCUT2D eigenvalue weighted by molar-refractivity contribution is -0.132. The number of aryl methyl sites for hydroxylation is 2. The molecule has 1 aliphatic rings. The summed E-state index contributed by atoms with van der Waals surface area (Å²) in [7, 11) is 3.19. The van der Waals surface area contributed by atoms with E-state index >= 15 is 4.39 Å². The predicted molar refractivity (Wildman–Crippen MR) is 187 cm³/mol. The Labute approximate surface area is 288 Å². The minimum absolute atomic E-state index is 0.0383. The Morgan fingerprint density at radius 3 is 2.47 bits per heavy atom. The van der Waals surface area contributed by atoms with E-state index in [2.05, 4.69) is 26.8 Å². The molecule has 2 aromatic heterocycles. The highest BCUT2D eigenvalue weighted by molar-refractivity contribution is 5.86. The average molecular weight is 674 g/mol. The lowest BCUT2D eigenvalue weighted by Gasteiger charge is -2.35. The lowest BCUT2D eigenvalue weighted by Crippen LogP contribution is -2.46. The predicted octanol–water partition coefficient (Wildman–Crippen LogP) is 6.82. The smallest absolute Gasteiger partial charge is 0.407 e. The second-order valence-corrected chi connectivity index (χ2v) is 13.7. The van der Waals surface area contributed by atoms with Gasteiger partial charge in [-0.3, -0.25) is 4.79 Å². The molecule has 0 radical (unpaired) electrons. The van der Waals surface area contributed by atoms with Gasteiger partial charge in [-0.05, 0) is 76.1 Å². The van der Waals surface area contributed by atoms with Crippen molar-refractivity contribution in [1.82, 2.24) is 24.8 Å². The first-order valence-corrected chi connectivity index (χ1v) is 17.0. The minimum atomic E-state index is -0.681. The summed E-state index contributed by atoms with van der Waals surface area (Å²) in [4.78, 5) is 37.2. The Morgan fingerprint density at radius 1 is 1.06 bits per heavy atom. The molecule has 11 heteroatoms. The molecule has 10 nitrogen and oxygen atoms in total. The van der Waals surface area contributed by atoms with E-state index in [1.54, 1.807) is 25.6 Å². The molecule has 3 heterocycles. The van der Waals surface area contributed by atoms with Gasteiger partial charge in [0, 0.05) is 80.8 Å². The zero-order valence-electron chi connectivity index (χ0n) is 29.4. The molecule has 0 aliphatic carbocycles. The number of methoxy groups -OCH3 is 2. The number of hydrogen-bond acceptors (Lipinski definition) is 7. The van der Waals surface area contributed by atoms with E-state index in [0.717, 1.165) is 52.6 Å². The van der Waals surface area contributed by atoms with Crippen LogP contribution < -0.4 is 10.1 Å². The highest BCUT2D eigenvalue weighted by Crippen LogP contribution is 2.37. The Bertz CT molecular complexity index is 1730. The van der Waals surface area contributed by atoms with Crippen molar-refractivity contribution in [3.8, 4) is 17.1 Å². The number of carbonyl (C=O) groups is 2. The lowest BCUT2D eigenvalue weighted by atomic mass is 9.91. The summed E-state index contributed by atoms with van der Waals surface area (Å²) < 4.78 is 33.3. The fourth-order valence-corrected chi connectivity index (χ4v) is 6.78. The van der Waals surface area contributed by atoms with Crippen LogP contribution in [0, 0.1) is 12.7 Å². The summed E-state index contributed by atoms with van der Waals surface area (Å²) >= 11 is 0. The highest BCUT2D eigenvalue weighted by Gasteiger charge is 2.31. The van der Waals surface area contributed by atoms with Gasteiger partial charge in [0.15, 0.2) is 0 Å². The van der Waals surface area contributed by atoms with Crippen LogP contribution in [0.1, 0.15) is 69.2 Å². The molecule has 49 heavy (non-hydrogen) atoms. The number of ether oxygens (including phenoxy) is 3. The minimum Gasteiger partial charge on any atom is -0.467 e. The second kappa shape index (κ2) is 15.8. The molecule has 2 atom stereocenters. The molecule has 262 valence electrons. The maximum atomic E-state index is 15.2. The monoisotopic (exact) mass is 673 g/mol. The van der Waals surface area contributed by atoms with Crippen LogP contribution in [0.2, 0.25) is 0 Å². The first-order valence-electron chi connectivity index (χ1n) is 17.0. The molecule has 1 saturated heterocycles. The van der Waals surface area contributed by atoms with Gasteiger partial charge in [0.2, 0.25) is 5.91 Å². The van der Waals surface area contributed by atoms with Crippen molar-refractivity contribution in [3.63, 3.8) is 0 Å². The molecule has 2 unspecified atom stereocenters. The number of alkyl carbamates (subject to hydrolysis) is 1. The first-order chi connectivity index (χ1) is 23.5. The Kier molecular flexibility index (Phi) is 11.5. The molecular formula is C38H48FN5O5. The van der Waals surface area contributed by atoms with Crippen LogP contribution in [-0.4, -0.2) is 77.0 Å². The molecule has 0 saturated carbocycles. The van der Waals surface area contributed by atoms with Gasteiger partial charge >= 0.3 is 12.1 Å². The van der Waals surface area contributed by atoms with Crippen LogP contribution >= 0.6 is 0 Å². The number of nitrogens with zero attached hydrogens (tertiary/aromatic N) is 4. The van der Waals surface area contributed by atoms with Crippen molar-refractivity contribution in [2.75, 3.05) is 33.9 Å². The molecule has 0 spiro atoms. The van der Waals surface area contributed by atoms with Gasteiger partial charge in [-0.1, -0.05) is 36.4 Å². The third kappa shape index (κ3) is 8.94. The van der Waals surface area contributed by atoms with Crippen molar-refractivity contribution in [3.05, 3.63) is 77.5 Å². The van der Waals surface area contributed by atoms with Gasteiger partial charge < -0.3 is 29.0 Å². The maximum Gasteiger partial charge on any atom is 0.407 e. The van der Waals surface area contributed by atoms with E-state index in [0.29, 0.717) is 44.2 Å². The molecular weight excluding hydrogens is 625 g/mol. The van der Waals surface area contributed by atoms with Crippen molar-refractivity contribution in [1.29, 1.82) is 0 Å². The zero-order chi connectivity index (χ0) is 35.1. The number of amides is 2. The summed E-state index contributed by atoms with van der Waals surface area (Å²) in [6, 6.07) is 12.9. The summed E-state index contributed by atoms with van der Waals surface area (Å²) in [5.41, 5.74) is 4.82. The summed E-state index contributed by atoms with van der Waals surface area (Å²) in [6.07, 6.45) is 5.88.